The van der Waals surface area contributed by atoms with Gasteiger partial charge in [-0.05, 0) is 37.8 Å². The lowest BCUT2D eigenvalue weighted by molar-refractivity contribution is -0.135. The Morgan fingerprint density at radius 1 is 1.12 bits per heavy atom. The molecule has 0 spiro atoms. The number of hydrogen-bond acceptors (Lipinski definition) is 6. The number of aromatic nitrogens is 3. The van der Waals surface area contributed by atoms with E-state index < -0.39 is 23.8 Å². The standard InChI is InChI=1S/C30H32N6O4/c1-18(29-32-17-23(34-29)20-10-5-3-6-11-20)33-30(39)22(26-19(2)40-35-27(26)28(31)38)16-25(37)36-15-9-14-24(36)21-12-7-4-8-13-21/h3-8,10-13,17-18,22,24H,9,14-16H2,1-2H3,(H2,31,38)(H,32,34)(H,33,39)/t18-,22-,24+/m0/s1. The highest BCUT2D eigenvalue weighted by molar-refractivity contribution is 5.97. The van der Waals surface area contributed by atoms with Crippen molar-refractivity contribution < 1.29 is 18.9 Å². The number of imidazole rings is 1. The molecule has 10 heteroatoms. The second-order valence-electron chi connectivity index (χ2n) is 10.1. The van der Waals surface area contributed by atoms with E-state index in [0.717, 1.165) is 29.7 Å². The van der Waals surface area contributed by atoms with Crippen molar-refractivity contribution in [3.8, 4) is 11.3 Å². The number of rotatable bonds is 9. The van der Waals surface area contributed by atoms with Crippen molar-refractivity contribution >= 4 is 17.7 Å². The van der Waals surface area contributed by atoms with E-state index in [4.69, 9.17) is 10.3 Å². The number of nitrogens with zero attached hydrogens (tertiary/aromatic N) is 3. The van der Waals surface area contributed by atoms with E-state index in [1.807, 2.05) is 65.6 Å². The first-order valence-corrected chi connectivity index (χ1v) is 13.3. The van der Waals surface area contributed by atoms with Crippen LogP contribution in [-0.4, -0.2) is 44.3 Å². The molecule has 10 nitrogen and oxygen atoms in total. The fraction of sp³-hybridized carbons (Fsp3) is 0.300. The van der Waals surface area contributed by atoms with Crippen LogP contribution in [0.1, 0.15) is 77.4 Å². The van der Waals surface area contributed by atoms with Crippen LogP contribution in [0.3, 0.4) is 0 Å². The molecule has 0 aliphatic carbocycles. The summed E-state index contributed by atoms with van der Waals surface area (Å²) in [6.07, 6.45) is 3.24. The maximum absolute atomic E-state index is 13.8. The minimum Gasteiger partial charge on any atom is -0.364 e. The number of primary amides is 1. The van der Waals surface area contributed by atoms with Crippen LogP contribution in [0.5, 0.6) is 0 Å². The van der Waals surface area contributed by atoms with Crippen molar-refractivity contribution in [3.63, 3.8) is 0 Å². The lowest BCUT2D eigenvalue weighted by atomic mass is 9.91. The summed E-state index contributed by atoms with van der Waals surface area (Å²) in [5.41, 5.74) is 8.47. The Labute approximate surface area is 232 Å². The first-order chi connectivity index (χ1) is 19.3. The van der Waals surface area contributed by atoms with Crippen molar-refractivity contribution in [1.29, 1.82) is 0 Å². The van der Waals surface area contributed by atoms with Gasteiger partial charge >= 0.3 is 0 Å². The van der Waals surface area contributed by atoms with Crippen molar-refractivity contribution in [2.24, 2.45) is 5.73 Å². The van der Waals surface area contributed by atoms with Gasteiger partial charge in [-0.1, -0.05) is 65.8 Å². The number of likely N-dealkylation sites (tertiary alicyclic amines) is 1. The fourth-order valence-electron chi connectivity index (χ4n) is 5.38. The maximum Gasteiger partial charge on any atom is 0.271 e. The number of hydrogen-bond donors (Lipinski definition) is 3. The van der Waals surface area contributed by atoms with Crippen LogP contribution >= 0.6 is 0 Å². The number of nitrogens with two attached hydrogens (primary N) is 1. The quantitative estimate of drug-likeness (QED) is 0.290. The highest BCUT2D eigenvalue weighted by Gasteiger charge is 2.37. The normalized spacial score (nSPS) is 16.4. The molecule has 3 atom stereocenters. The van der Waals surface area contributed by atoms with E-state index in [0.29, 0.717) is 12.4 Å². The fourth-order valence-corrected chi connectivity index (χ4v) is 5.38. The molecule has 1 aliphatic rings. The van der Waals surface area contributed by atoms with Gasteiger partial charge in [0.2, 0.25) is 11.8 Å². The molecule has 1 saturated heterocycles. The lowest BCUT2D eigenvalue weighted by Crippen LogP contribution is -2.38. The molecule has 0 saturated carbocycles. The molecule has 1 aliphatic heterocycles. The number of amides is 3. The molecule has 0 bridgehead atoms. The topological polar surface area (TPSA) is 147 Å². The zero-order valence-electron chi connectivity index (χ0n) is 22.5. The van der Waals surface area contributed by atoms with Crippen LogP contribution < -0.4 is 11.1 Å². The molecule has 2 aromatic carbocycles. The van der Waals surface area contributed by atoms with Gasteiger partial charge < -0.3 is 25.5 Å². The molecule has 1 fully saturated rings. The van der Waals surface area contributed by atoms with Gasteiger partial charge in [-0.15, -0.1) is 0 Å². The molecule has 40 heavy (non-hydrogen) atoms. The van der Waals surface area contributed by atoms with Gasteiger partial charge in [-0.3, -0.25) is 14.4 Å². The molecule has 4 N–H and O–H groups in total. The Balaban J connectivity index is 1.39. The van der Waals surface area contributed by atoms with Gasteiger partial charge in [0.15, 0.2) is 5.69 Å². The zero-order valence-corrected chi connectivity index (χ0v) is 22.5. The Bertz CT molecular complexity index is 1500. The number of carbonyl (C=O) groups is 3. The SMILES string of the molecule is Cc1onc(C(N)=O)c1[C@H](CC(=O)N1CCC[C@@H]1c1ccccc1)C(=O)N[C@@H](C)c1ncc(-c2ccccc2)[nH]1. The van der Waals surface area contributed by atoms with Crippen molar-refractivity contribution in [1.82, 2.24) is 25.3 Å². The number of aryl methyl sites for hydroxylation is 1. The minimum atomic E-state index is -1.04. The predicted molar refractivity (Wildman–Crippen MR) is 148 cm³/mol. The third-order valence-electron chi connectivity index (χ3n) is 7.39. The highest BCUT2D eigenvalue weighted by Crippen LogP contribution is 2.35. The molecule has 5 rings (SSSR count). The summed E-state index contributed by atoms with van der Waals surface area (Å²) in [5.74, 6) is -1.70. The zero-order chi connectivity index (χ0) is 28.2. The average Bonchev–Trinajstić information content (AvgIpc) is 3.73. The molecule has 3 heterocycles. The first-order valence-electron chi connectivity index (χ1n) is 13.3. The number of benzene rings is 2. The summed E-state index contributed by atoms with van der Waals surface area (Å²) >= 11 is 0. The van der Waals surface area contributed by atoms with Gasteiger partial charge in [0.1, 0.15) is 11.6 Å². The first kappa shape index (κ1) is 26.9. The Morgan fingerprint density at radius 2 is 1.82 bits per heavy atom. The number of nitrogens with one attached hydrogen (secondary N) is 2. The predicted octanol–water partition coefficient (Wildman–Crippen LogP) is 4.19. The van der Waals surface area contributed by atoms with E-state index in [9.17, 15) is 14.4 Å². The van der Waals surface area contributed by atoms with Crippen LogP contribution in [-0.2, 0) is 9.59 Å². The summed E-state index contributed by atoms with van der Waals surface area (Å²) in [4.78, 5) is 49.2. The Morgan fingerprint density at radius 3 is 2.52 bits per heavy atom. The van der Waals surface area contributed by atoms with E-state index in [1.165, 1.54) is 0 Å². The van der Waals surface area contributed by atoms with Crippen LogP contribution in [0.15, 0.2) is 71.4 Å². The maximum atomic E-state index is 13.8. The van der Waals surface area contributed by atoms with Crippen LogP contribution in [0.2, 0.25) is 0 Å². The van der Waals surface area contributed by atoms with Gasteiger partial charge in [0, 0.05) is 18.5 Å². The number of carbonyl (C=O) groups excluding carboxylic acids is 3. The van der Waals surface area contributed by atoms with Crippen LogP contribution in [0.4, 0.5) is 0 Å². The largest absolute Gasteiger partial charge is 0.364 e. The summed E-state index contributed by atoms with van der Waals surface area (Å²) in [5, 5.41) is 6.74. The summed E-state index contributed by atoms with van der Waals surface area (Å²) in [6, 6.07) is 19.0. The molecule has 206 valence electrons. The highest BCUT2D eigenvalue weighted by atomic mass is 16.5. The third-order valence-corrected chi connectivity index (χ3v) is 7.39. The average molecular weight is 541 g/mol. The van der Waals surface area contributed by atoms with E-state index >= 15 is 0 Å². The van der Waals surface area contributed by atoms with Gasteiger partial charge in [0.05, 0.1) is 29.9 Å². The molecule has 2 aromatic heterocycles. The molecule has 4 aromatic rings. The Hall–Kier alpha value is -4.73. The number of aromatic amines is 1. The van der Waals surface area contributed by atoms with Crippen LogP contribution in [0, 0.1) is 6.92 Å². The molecule has 3 amide bonds. The van der Waals surface area contributed by atoms with Crippen molar-refractivity contribution in [3.05, 3.63) is 95.3 Å². The van der Waals surface area contributed by atoms with Gasteiger partial charge in [-0.25, -0.2) is 4.98 Å². The molecular weight excluding hydrogens is 508 g/mol. The molecule has 0 radical (unpaired) electrons. The van der Waals surface area contributed by atoms with Crippen molar-refractivity contribution in [2.75, 3.05) is 6.54 Å². The summed E-state index contributed by atoms with van der Waals surface area (Å²) in [7, 11) is 0. The van der Waals surface area contributed by atoms with Gasteiger partial charge in [-0.2, -0.15) is 0 Å². The van der Waals surface area contributed by atoms with Gasteiger partial charge in [0.25, 0.3) is 5.91 Å². The monoisotopic (exact) mass is 540 g/mol. The van der Waals surface area contributed by atoms with E-state index in [1.54, 1.807) is 20.0 Å². The second-order valence-corrected chi connectivity index (χ2v) is 10.1. The lowest BCUT2D eigenvalue weighted by Gasteiger charge is -2.27. The smallest absolute Gasteiger partial charge is 0.271 e. The second kappa shape index (κ2) is 11.6. The summed E-state index contributed by atoms with van der Waals surface area (Å²) in [6.45, 7) is 3.99. The third kappa shape index (κ3) is 5.51. The molecular formula is C30H32N6O4. The van der Waals surface area contributed by atoms with Crippen molar-refractivity contribution in [2.45, 2.75) is 51.1 Å². The number of H-pyrrole nitrogens is 1. The van der Waals surface area contributed by atoms with Crippen LogP contribution in [0.25, 0.3) is 11.3 Å². The summed E-state index contributed by atoms with van der Waals surface area (Å²) < 4.78 is 5.25. The van der Waals surface area contributed by atoms with E-state index in [2.05, 4.69) is 20.4 Å². The van der Waals surface area contributed by atoms with E-state index in [-0.39, 0.29) is 35.4 Å². The molecule has 0 unspecified atom stereocenters. The Kier molecular flexibility index (Phi) is 7.77. The minimum absolute atomic E-state index is 0.0740.